The van der Waals surface area contributed by atoms with Gasteiger partial charge in [-0.3, -0.25) is 34.3 Å². The van der Waals surface area contributed by atoms with Crippen LogP contribution >= 0.6 is 23.1 Å². The molecular formula is C50H58BrN10O6P. The molecule has 0 bridgehead atoms. The second-order valence-electron chi connectivity index (χ2n) is 17.9. The number of fused-ring (bicyclic) bond motifs is 1. The molecule has 1 aromatic heterocycles. The van der Waals surface area contributed by atoms with Crippen molar-refractivity contribution in [1.82, 2.24) is 30.0 Å². The predicted molar refractivity (Wildman–Crippen MR) is 270 cm³/mol. The van der Waals surface area contributed by atoms with Crippen LogP contribution in [0.5, 0.6) is 5.75 Å². The average Bonchev–Trinajstić information content (AvgIpc) is 3.67. The van der Waals surface area contributed by atoms with E-state index in [0.29, 0.717) is 69.4 Å². The molecule has 0 spiro atoms. The van der Waals surface area contributed by atoms with Crippen LogP contribution in [0.3, 0.4) is 0 Å². The number of methoxy groups -OCH3 is 1. The quantitative estimate of drug-likeness (QED) is 0.0297. The van der Waals surface area contributed by atoms with Gasteiger partial charge in [0.2, 0.25) is 23.7 Å². The maximum Gasteiger partial charge on any atom is 0.255 e. The first-order valence-electron chi connectivity index (χ1n) is 23.1. The van der Waals surface area contributed by atoms with Crippen LogP contribution in [0.1, 0.15) is 72.5 Å². The monoisotopic (exact) mass is 1000 g/mol. The number of aromatic nitrogens is 2. The Bertz CT molecular complexity index is 2690. The Balaban J connectivity index is 0.941. The zero-order valence-corrected chi connectivity index (χ0v) is 41.2. The van der Waals surface area contributed by atoms with Crippen LogP contribution in [-0.2, 0) is 25.5 Å². The number of benzene rings is 3. The number of terminal acetylenes is 1. The number of hydrogen-bond acceptors (Lipinski definition) is 13. The lowest BCUT2D eigenvalue weighted by atomic mass is 9.92. The Kier molecular flexibility index (Phi) is 15.0. The van der Waals surface area contributed by atoms with E-state index in [1.807, 2.05) is 48.5 Å². The van der Waals surface area contributed by atoms with Crippen LogP contribution in [0.15, 0.2) is 77.9 Å². The number of piperidine rings is 2. The van der Waals surface area contributed by atoms with Gasteiger partial charge in [-0.05, 0) is 103 Å². The molecule has 3 fully saturated rings. The number of unbranched alkanes of at least 4 members (excludes halogenated alkanes) is 1. The fourth-order valence-electron chi connectivity index (χ4n) is 9.93. The van der Waals surface area contributed by atoms with Gasteiger partial charge >= 0.3 is 0 Å². The molecular weight excluding hydrogens is 947 g/mol. The van der Waals surface area contributed by atoms with Crippen molar-refractivity contribution in [3.05, 3.63) is 94.6 Å². The summed E-state index contributed by atoms with van der Waals surface area (Å²) in [4.78, 5) is 69.5. The minimum Gasteiger partial charge on any atom is -0.494 e. The van der Waals surface area contributed by atoms with E-state index < -0.39 is 19.1 Å². The third kappa shape index (κ3) is 10.6. The highest BCUT2D eigenvalue weighted by Gasteiger charge is 2.41. The predicted octanol–water partition coefficient (Wildman–Crippen LogP) is 7.00. The summed E-state index contributed by atoms with van der Waals surface area (Å²) in [6, 6.07) is 16.9. The SMILES string of the molecule is C#CCCCC(c1cccc2c1CN(C1CCC(=O)NC1=O)C2=O)N1CCN(C2CCN(c3cc(OC)c(Nc4ncc(Br)c(Nc5ccccc5P(C)(C)=O)n4)cc3NC(=O)C=C)CC2)CC1. The van der Waals surface area contributed by atoms with Crippen molar-refractivity contribution in [2.75, 3.05) is 80.6 Å². The number of rotatable bonds is 16. The standard InChI is InChI=1S/C50H58BrN10O6P/c1-6-8-9-16-40(33-13-12-14-34-35(33)31-61(49(34)65)41-18-19-46(63)56-48(41)64)60-26-24-58(25-27-60)32-20-22-59(23-21-32)42-29-43(67-3)39(28-38(42)53-45(62)7-2)55-50-52-30-36(51)47(57-50)54-37-15-10-11-17-44(37)68(4,5)66/h1,7,10-15,17,28-30,32,40-41H,2,8-9,16,18-27,31H2,3-5H3,(H,53,62)(H,56,63,64)(H2,52,54,55,57). The van der Waals surface area contributed by atoms with E-state index >= 15 is 0 Å². The number of hydrogen-bond donors (Lipinski definition) is 4. The molecule has 2 unspecified atom stereocenters. The Morgan fingerprint density at radius 2 is 1.78 bits per heavy atom. The number of piperazine rings is 1. The van der Waals surface area contributed by atoms with Crippen molar-refractivity contribution >= 4 is 86.5 Å². The molecule has 0 radical (unpaired) electrons. The van der Waals surface area contributed by atoms with Gasteiger partial charge in [0.25, 0.3) is 5.91 Å². The van der Waals surface area contributed by atoms with Gasteiger partial charge in [0.1, 0.15) is 24.8 Å². The maximum absolute atomic E-state index is 13.7. The molecule has 16 nitrogen and oxygen atoms in total. The van der Waals surface area contributed by atoms with E-state index in [2.05, 4.69) is 75.4 Å². The highest BCUT2D eigenvalue weighted by Crippen LogP contribution is 2.42. The second-order valence-corrected chi connectivity index (χ2v) is 22.0. The summed E-state index contributed by atoms with van der Waals surface area (Å²) in [5.41, 5.74) is 5.32. The van der Waals surface area contributed by atoms with E-state index in [-0.39, 0.29) is 36.1 Å². The molecule has 4 aliphatic rings. The Morgan fingerprint density at radius 3 is 2.49 bits per heavy atom. The normalized spacial score (nSPS) is 18.6. The molecule has 8 rings (SSSR count). The highest BCUT2D eigenvalue weighted by molar-refractivity contribution is 9.10. The molecule has 356 valence electrons. The number of anilines is 6. The summed E-state index contributed by atoms with van der Waals surface area (Å²) in [7, 11) is -0.998. The van der Waals surface area contributed by atoms with Crippen molar-refractivity contribution in [1.29, 1.82) is 0 Å². The molecule has 4 aromatic rings. The van der Waals surface area contributed by atoms with Crippen molar-refractivity contribution in [3.8, 4) is 18.1 Å². The molecule has 3 aromatic carbocycles. The van der Waals surface area contributed by atoms with Gasteiger partial charge in [0.15, 0.2) is 0 Å². The fourth-order valence-corrected chi connectivity index (χ4v) is 11.4. The zero-order chi connectivity index (χ0) is 48.1. The van der Waals surface area contributed by atoms with Gasteiger partial charge in [-0.1, -0.05) is 30.8 Å². The van der Waals surface area contributed by atoms with Crippen LogP contribution in [0.2, 0.25) is 0 Å². The summed E-state index contributed by atoms with van der Waals surface area (Å²) >= 11 is 3.55. The van der Waals surface area contributed by atoms with Crippen LogP contribution in [0.25, 0.3) is 0 Å². The summed E-state index contributed by atoms with van der Waals surface area (Å²) < 4.78 is 19.6. The van der Waals surface area contributed by atoms with Gasteiger partial charge < -0.3 is 35.1 Å². The molecule has 68 heavy (non-hydrogen) atoms. The number of nitrogens with zero attached hydrogens (tertiary/aromatic N) is 6. The minimum absolute atomic E-state index is 0.0587. The maximum atomic E-state index is 13.7. The van der Waals surface area contributed by atoms with E-state index in [1.165, 1.54) is 6.08 Å². The van der Waals surface area contributed by atoms with Crippen molar-refractivity contribution in [3.63, 3.8) is 0 Å². The number of carbonyl (C=O) groups excluding carboxylic acids is 4. The van der Waals surface area contributed by atoms with Gasteiger partial charge in [-0.15, -0.1) is 12.3 Å². The van der Waals surface area contributed by atoms with Crippen LogP contribution in [0, 0.1) is 12.3 Å². The van der Waals surface area contributed by atoms with Crippen LogP contribution < -0.4 is 36.2 Å². The fraction of sp³-hybridized carbons (Fsp3) is 0.400. The van der Waals surface area contributed by atoms with Gasteiger partial charge in [0, 0.05) is 93.9 Å². The average molecular weight is 1010 g/mol. The van der Waals surface area contributed by atoms with Crippen molar-refractivity contribution in [2.45, 2.75) is 69.6 Å². The molecule has 18 heteroatoms. The van der Waals surface area contributed by atoms with Crippen molar-refractivity contribution < 1.29 is 28.5 Å². The molecule has 2 atom stereocenters. The molecule has 0 saturated carbocycles. The summed E-state index contributed by atoms with van der Waals surface area (Å²) in [5, 5.41) is 12.7. The third-order valence-electron chi connectivity index (χ3n) is 13.4. The largest absolute Gasteiger partial charge is 0.494 e. The lowest BCUT2D eigenvalue weighted by molar-refractivity contribution is -0.137. The zero-order valence-electron chi connectivity index (χ0n) is 38.7. The number of nitrogens with one attached hydrogen (secondary N) is 4. The van der Waals surface area contributed by atoms with E-state index in [4.69, 9.17) is 16.1 Å². The van der Waals surface area contributed by atoms with E-state index in [0.717, 1.165) is 81.8 Å². The van der Waals surface area contributed by atoms with Crippen molar-refractivity contribution in [2.24, 2.45) is 0 Å². The minimum atomic E-state index is -2.59. The number of imide groups is 1. The Hall–Kier alpha value is -6.05. The first-order valence-corrected chi connectivity index (χ1v) is 26.4. The lowest BCUT2D eigenvalue weighted by Gasteiger charge is -2.45. The summed E-state index contributed by atoms with van der Waals surface area (Å²) in [6.45, 7) is 12.5. The first-order chi connectivity index (χ1) is 32.8. The van der Waals surface area contributed by atoms with Crippen LogP contribution in [-0.4, -0.2) is 120 Å². The number of halogens is 1. The molecule has 3 saturated heterocycles. The third-order valence-corrected chi connectivity index (χ3v) is 15.5. The Labute approximate surface area is 406 Å². The molecule has 5 heterocycles. The van der Waals surface area contributed by atoms with Crippen LogP contribution in [0.4, 0.5) is 34.5 Å². The van der Waals surface area contributed by atoms with Gasteiger partial charge in [-0.25, -0.2) is 4.98 Å². The number of carbonyl (C=O) groups is 4. The Morgan fingerprint density at radius 1 is 1.01 bits per heavy atom. The molecule has 0 aliphatic carbocycles. The second kappa shape index (κ2) is 21.1. The lowest BCUT2D eigenvalue weighted by Crippen LogP contribution is -2.54. The van der Waals surface area contributed by atoms with Gasteiger partial charge in [-0.2, -0.15) is 4.98 Å². The first kappa shape index (κ1) is 48.4. The summed E-state index contributed by atoms with van der Waals surface area (Å²) in [6.07, 6.45) is 13.3. The number of amides is 4. The summed E-state index contributed by atoms with van der Waals surface area (Å²) in [5.74, 6) is 2.85. The number of ether oxygens (including phenoxy) is 1. The topological polar surface area (TPSA) is 181 Å². The van der Waals surface area contributed by atoms with E-state index in [1.54, 1.807) is 31.5 Å². The smallest absolute Gasteiger partial charge is 0.255 e. The molecule has 4 aliphatic heterocycles. The highest BCUT2D eigenvalue weighted by atomic mass is 79.9. The number of para-hydroxylation sites is 1. The van der Waals surface area contributed by atoms with E-state index in [9.17, 15) is 23.7 Å². The molecule has 4 amide bonds. The molecule has 4 N–H and O–H groups in total. The van der Waals surface area contributed by atoms with Gasteiger partial charge in [0.05, 0.1) is 34.3 Å².